The van der Waals surface area contributed by atoms with Crippen LogP contribution in [0.15, 0.2) is 152 Å². The molecule has 0 atom stereocenters. The van der Waals surface area contributed by atoms with E-state index in [9.17, 15) is 0 Å². The van der Waals surface area contributed by atoms with Crippen molar-refractivity contribution in [2.45, 2.75) is 0 Å². The molecule has 0 fully saturated rings. The molecule has 41 heavy (non-hydrogen) atoms. The number of benzene rings is 4. The van der Waals surface area contributed by atoms with Gasteiger partial charge in [0.1, 0.15) is 0 Å². The maximum absolute atomic E-state index is 8.49. The first kappa shape index (κ1) is 27.9. The fourth-order valence-corrected chi connectivity index (χ4v) is 4.84. The Morgan fingerprint density at radius 3 is 1.41 bits per heavy atom. The zero-order valence-corrected chi connectivity index (χ0v) is 22.6. The van der Waals surface area contributed by atoms with Gasteiger partial charge < -0.3 is 0 Å². The lowest BCUT2D eigenvalue weighted by atomic mass is 9.89. The lowest BCUT2D eigenvalue weighted by Crippen LogP contribution is -2.68. The zero-order chi connectivity index (χ0) is 28.7. The van der Waals surface area contributed by atoms with Crippen molar-refractivity contribution in [2.24, 2.45) is 0 Å². The summed E-state index contributed by atoms with van der Waals surface area (Å²) in [7, 11) is -4.94. The van der Waals surface area contributed by atoms with Gasteiger partial charge in [0, 0.05) is 28.8 Å². The SMILES string of the molecule is [O-][Cl+3]([O-])([O-])[O-].c1ccc(-c2cc(-c3ccccc3)[n+](-c3cccc[nH+]3)c(-c3ccccc3)c2-c2ccccc2)cc1. The molecule has 6 aromatic rings. The second-order valence-corrected chi connectivity index (χ2v) is 9.85. The predicted octanol–water partition coefficient (Wildman–Crippen LogP) is 2.69. The average molecular weight is 562 g/mol. The molecule has 6 rings (SSSR count). The second kappa shape index (κ2) is 12.7. The van der Waals surface area contributed by atoms with E-state index in [2.05, 4.69) is 149 Å². The van der Waals surface area contributed by atoms with E-state index >= 15 is 0 Å². The molecule has 6 nitrogen and oxygen atoms in total. The summed E-state index contributed by atoms with van der Waals surface area (Å²) >= 11 is 0. The molecule has 2 heterocycles. The van der Waals surface area contributed by atoms with Gasteiger partial charge in [0.05, 0.1) is 11.6 Å². The number of aromatic nitrogens is 2. The molecule has 202 valence electrons. The molecule has 0 radical (unpaired) electrons. The maximum atomic E-state index is 8.49. The van der Waals surface area contributed by atoms with Crippen molar-refractivity contribution in [3.63, 3.8) is 0 Å². The van der Waals surface area contributed by atoms with Gasteiger partial charge in [0.15, 0.2) is 6.20 Å². The van der Waals surface area contributed by atoms with Crippen LogP contribution in [-0.2, 0) is 0 Å². The smallest absolute Gasteiger partial charge is 0.222 e. The van der Waals surface area contributed by atoms with E-state index in [1.807, 2.05) is 12.3 Å². The lowest BCUT2D eigenvalue weighted by Gasteiger charge is -2.17. The predicted molar refractivity (Wildman–Crippen MR) is 146 cm³/mol. The van der Waals surface area contributed by atoms with Crippen LogP contribution >= 0.6 is 0 Å². The van der Waals surface area contributed by atoms with Gasteiger partial charge in [-0.1, -0.05) is 102 Å². The van der Waals surface area contributed by atoms with Gasteiger partial charge >= 0.3 is 5.82 Å². The largest absolute Gasteiger partial charge is 0.448 e. The number of nitrogens with zero attached hydrogens (tertiary/aromatic N) is 1. The summed E-state index contributed by atoms with van der Waals surface area (Å²) in [6.07, 6.45) is 1.99. The Bertz CT molecular complexity index is 1590. The molecule has 0 saturated carbocycles. The van der Waals surface area contributed by atoms with Crippen molar-refractivity contribution in [1.82, 2.24) is 0 Å². The quantitative estimate of drug-likeness (QED) is 0.301. The van der Waals surface area contributed by atoms with Crippen LogP contribution in [0, 0.1) is 10.2 Å². The van der Waals surface area contributed by atoms with E-state index in [-0.39, 0.29) is 0 Å². The van der Waals surface area contributed by atoms with Crippen molar-refractivity contribution >= 4 is 0 Å². The molecule has 0 unspecified atom stereocenters. The summed E-state index contributed by atoms with van der Waals surface area (Å²) < 4.78 is 36.3. The van der Waals surface area contributed by atoms with Gasteiger partial charge in [-0.3, -0.25) is 0 Å². The van der Waals surface area contributed by atoms with Crippen molar-refractivity contribution < 1.29 is 38.4 Å². The number of nitrogens with one attached hydrogen (secondary N) is 1. The topological polar surface area (TPSA) is 110 Å². The highest BCUT2D eigenvalue weighted by Gasteiger charge is 2.33. The maximum Gasteiger partial charge on any atom is 0.448 e. The number of H-pyrrole nitrogens is 1. The summed E-state index contributed by atoms with van der Waals surface area (Å²) in [6.45, 7) is 0. The minimum atomic E-state index is -4.94. The summed E-state index contributed by atoms with van der Waals surface area (Å²) in [6, 6.07) is 51.3. The van der Waals surface area contributed by atoms with Gasteiger partial charge in [0.25, 0.3) is 0 Å². The first-order chi connectivity index (χ1) is 19.9. The Labute approximate surface area is 240 Å². The van der Waals surface area contributed by atoms with Gasteiger partial charge in [-0.15, -0.1) is 10.2 Å². The molecule has 0 aliphatic heterocycles. The van der Waals surface area contributed by atoms with Gasteiger partial charge in [-0.25, -0.2) is 18.6 Å². The van der Waals surface area contributed by atoms with E-state index in [1.165, 1.54) is 22.3 Å². The summed E-state index contributed by atoms with van der Waals surface area (Å²) in [5, 5.41) is 0. The molecule has 0 aliphatic rings. The number of hydrogen-bond acceptors (Lipinski definition) is 4. The van der Waals surface area contributed by atoms with Crippen LogP contribution in [-0.4, -0.2) is 0 Å². The molecule has 0 bridgehead atoms. The third-order valence-corrected chi connectivity index (χ3v) is 6.45. The van der Waals surface area contributed by atoms with Crippen molar-refractivity contribution in [1.29, 1.82) is 0 Å². The van der Waals surface area contributed by atoms with Crippen molar-refractivity contribution in [3.8, 4) is 50.6 Å². The summed E-state index contributed by atoms with van der Waals surface area (Å²) in [4.78, 5) is 3.51. The number of pyridine rings is 2. The molecule has 2 aromatic heterocycles. The summed E-state index contributed by atoms with van der Waals surface area (Å²) in [5.41, 5.74) is 9.35. The van der Waals surface area contributed by atoms with E-state index in [1.54, 1.807) is 0 Å². The normalized spacial score (nSPS) is 10.9. The fraction of sp³-hybridized carbons (Fsp3) is 0. The molecule has 0 spiro atoms. The van der Waals surface area contributed by atoms with Crippen LogP contribution in [0.4, 0.5) is 0 Å². The highest BCUT2D eigenvalue weighted by molar-refractivity contribution is 5.93. The van der Waals surface area contributed by atoms with Crippen LogP contribution in [0.1, 0.15) is 0 Å². The van der Waals surface area contributed by atoms with Crippen LogP contribution in [0.3, 0.4) is 0 Å². The third kappa shape index (κ3) is 6.91. The Morgan fingerprint density at radius 2 is 0.927 bits per heavy atom. The number of aromatic amines is 1. The summed E-state index contributed by atoms with van der Waals surface area (Å²) in [5.74, 6) is 1.01. The molecule has 0 saturated heterocycles. The highest BCUT2D eigenvalue weighted by Crippen LogP contribution is 2.40. The van der Waals surface area contributed by atoms with Gasteiger partial charge in [-0.05, 0) is 41.5 Å². The fourth-order valence-electron chi connectivity index (χ4n) is 4.84. The second-order valence-electron chi connectivity index (χ2n) is 9.09. The monoisotopic (exact) mass is 561 g/mol. The third-order valence-electron chi connectivity index (χ3n) is 6.45. The first-order valence-electron chi connectivity index (χ1n) is 12.8. The zero-order valence-electron chi connectivity index (χ0n) is 21.9. The lowest BCUT2D eigenvalue weighted by molar-refractivity contribution is -2.00. The van der Waals surface area contributed by atoms with Gasteiger partial charge in [-0.2, -0.15) is 4.98 Å². The van der Waals surface area contributed by atoms with Gasteiger partial charge in [0.2, 0.25) is 11.4 Å². The minimum absolute atomic E-state index is 1.01. The van der Waals surface area contributed by atoms with E-state index in [0.717, 1.165) is 28.3 Å². The molecular weight excluding hydrogens is 536 g/mol. The van der Waals surface area contributed by atoms with Crippen molar-refractivity contribution in [3.05, 3.63) is 152 Å². The van der Waals surface area contributed by atoms with Crippen LogP contribution in [0.25, 0.3) is 50.6 Å². The average Bonchev–Trinajstić information content (AvgIpc) is 3.01. The number of halogens is 1. The molecular formula is C34H26ClN2O4+. The Morgan fingerprint density at radius 1 is 0.488 bits per heavy atom. The molecule has 1 N–H and O–H groups in total. The Balaban J connectivity index is 0.000000623. The molecule has 0 amide bonds. The molecule has 4 aromatic carbocycles. The van der Waals surface area contributed by atoms with E-state index in [0.29, 0.717) is 0 Å². The van der Waals surface area contributed by atoms with Crippen LogP contribution in [0.2, 0.25) is 0 Å². The molecule has 0 aliphatic carbocycles. The Hall–Kier alpha value is -4.69. The number of rotatable bonds is 5. The highest BCUT2D eigenvalue weighted by atomic mass is 35.7. The van der Waals surface area contributed by atoms with E-state index in [4.69, 9.17) is 18.6 Å². The molecule has 7 heteroatoms. The van der Waals surface area contributed by atoms with Crippen molar-refractivity contribution in [2.75, 3.05) is 0 Å². The first-order valence-corrected chi connectivity index (χ1v) is 14.1. The van der Waals surface area contributed by atoms with Crippen LogP contribution < -0.4 is 28.2 Å². The Kier molecular flexibility index (Phi) is 8.60. The minimum Gasteiger partial charge on any atom is -0.222 e. The van der Waals surface area contributed by atoms with Crippen LogP contribution in [0.5, 0.6) is 0 Å². The standard InChI is InChI=1S/C34H25N2.ClHO4/c1-5-15-26(16-6-1)30-25-31(27-17-7-2-8-18-27)36(32-23-13-14-24-35-32)34(29-21-11-4-12-22-29)33(30)28-19-9-3-10-20-28;2-1(3,4)5/h1-25H;(H,2,3,4,5)/q+1;. The number of hydrogen-bond donors (Lipinski definition) is 0. The van der Waals surface area contributed by atoms with E-state index < -0.39 is 10.2 Å².